The van der Waals surface area contributed by atoms with Crippen LogP contribution in [-0.4, -0.2) is 36.6 Å². The molecule has 1 unspecified atom stereocenters. The van der Waals surface area contributed by atoms with E-state index in [-0.39, 0.29) is 0 Å². The first-order chi connectivity index (χ1) is 9.34. The molecule has 1 aromatic carbocycles. The van der Waals surface area contributed by atoms with Crippen molar-refractivity contribution in [2.24, 2.45) is 0 Å². The minimum absolute atomic E-state index is 0.384. The Morgan fingerprint density at radius 3 is 2.53 bits per heavy atom. The summed E-state index contributed by atoms with van der Waals surface area (Å²) in [4.78, 5) is 9.31. The van der Waals surface area contributed by atoms with Gasteiger partial charge >= 0.3 is 0 Å². The molecule has 3 heteroatoms. The van der Waals surface area contributed by atoms with Crippen molar-refractivity contribution in [3.8, 4) is 0 Å². The topological polar surface area (TPSA) is 19.4 Å². The Kier molecular flexibility index (Phi) is 3.47. The highest BCUT2D eigenvalue weighted by Crippen LogP contribution is 2.28. The van der Waals surface area contributed by atoms with Crippen molar-refractivity contribution in [2.45, 2.75) is 6.04 Å². The van der Waals surface area contributed by atoms with Crippen LogP contribution in [0.15, 0.2) is 54.7 Å². The molecule has 2 heterocycles. The first-order valence-corrected chi connectivity index (χ1v) is 6.76. The molecular weight excluding hydrogens is 234 g/mol. The lowest BCUT2D eigenvalue weighted by atomic mass is 10.0. The molecule has 0 amide bonds. The van der Waals surface area contributed by atoms with E-state index in [1.165, 1.54) is 5.56 Å². The maximum Gasteiger partial charge on any atom is 0.129 e. The number of rotatable bonds is 2. The van der Waals surface area contributed by atoms with Crippen molar-refractivity contribution in [3.05, 3.63) is 60.3 Å². The normalized spacial score (nSPS) is 20.5. The third-order valence-electron chi connectivity index (χ3n) is 3.71. The van der Waals surface area contributed by atoms with Crippen molar-refractivity contribution in [2.75, 3.05) is 31.6 Å². The van der Waals surface area contributed by atoms with Crippen LogP contribution in [0.3, 0.4) is 0 Å². The lowest BCUT2D eigenvalue weighted by Crippen LogP contribution is -2.47. The quantitative estimate of drug-likeness (QED) is 0.820. The van der Waals surface area contributed by atoms with Crippen LogP contribution in [0, 0.1) is 0 Å². The zero-order valence-corrected chi connectivity index (χ0v) is 11.2. The van der Waals surface area contributed by atoms with Crippen LogP contribution in [0.5, 0.6) is 0 Å². The van der Waals surface area contributed by atoms with Crippen LogP contribution in [0.4, 0.5) is 5.82 Å². The minimum Gasteiger partial charge on any atom is -0.347 e. The second kappa shape index (κ2) is 5.41. The molecule has 0 aliphatic carbocycles. The molecule has 1 aliphatic rings. The van der Waals surface area contributed by atoms with E-state index in [0.29, 0.717) is 6.04 Å². The minimum atomic E-state index is 0.384. The Balaban J connectivity index is 1.93. The summed E-state index contributed by atoms with van der Waals surface area (Å²) in [5.41, 5.74) is 1.36. The Morgan fingerprint density at radius 2 is 1.79 bits per heavy atom. The zero-order valence-electron chi connectivity index (χ0n) is 11.2. The highest BCUT2D eigenvalue weighted by atomic mass is 15.3. The third kappa shape index (κ3) is 2.61. The molecule has 0 bridgehead atoms. The van der Waals surface area contributed by atoms with Crippen molar-refractivity contribution in [1.82, 2.24) is 9.88 Å². The van der Waals surface area contributed by atoms with Gasteiger partial charge in [0.25, 0.3) is 0 Å². The number of nitrogens with zero attached hydrogens (tertiary/aromatic N) is 3. The summed E-state index contributed by atoms with van der Waals surface area (Å²) < 4.78 is 0. The van der Waals surface area contributed by atoms with Crippen LogP contribution in [-0.2, 0) is 0 Å². The van der Waals surface area contributed by atoms with Gasteiger partial charge in [0.15, 0.2) is 0 Å². The predicted octanol–water partition coefficient (Wildman–Crippen LogP) is 2.57. The largest absolute Gasteiger partial charge is 0.347 e. The third-order valence-corrected chi connectivity index (χ3v) is 3.71. The van der Waals surface area contributed by atoms with Gasteiger partial charge in [0, 0.05) is 25.8 Å². The van der Waals surface area contributed by atoms with Crippen molar-refractivity contribution in [3.63, 3.8) is 0 Å². The monoisotopic (exact) mass is 253 g/mol. The number of hydrogen-bond acceptors (Lipinski definition) is 3. The molecule has 0 spiro atoms. The molecule has 1 saturated heterocycles. The molecule has 2 aromatic rings. The molecule has 3 rings (SSSR count). The highest BCUT2D eigenvalue weighted by Gasteiger charge is 2.27. The molecule has 0 radical (unpaired) electrons. The van der Waals surface area contributed by atoms with Crippen LogP contribution < -0.4 is 4.90 Å². The van der Waals surface area contributed by atoms with Crippen molar-refractivity contribution >= 4 is 5.82 Å². The molecular formula is C16H19N3. The van der Waals surface area contributed by atoms with Crippen LogP contribution >= 0.6 is 0 Å². The molecule has 98 valence electrons. The van der Waals surface area contributed by atoms with E-state index in [1.54, 1.807) is 0 Å². The zero-order chi connectivity index (χ0) is 13.1. The molecule has 19 heavy (non-hydrogen) atoms. The average Bonchev–Trinajstić information content (AvgIpc) is 2.49. The van der Waals surface area contributed by atoms with Crippen LogP contribution in [0.1, 0.15) is 11.6 Å². The second-order valence-electron chi connectivity index (χ2n) is 5.07. The standard InChI is InChI=1S/C16H19N3/c1-18-11-12-19(16-9-5-6-10-17-16)15(13-18)14-7-3-2-4-8-14/h2-10,15H,11-13H2,1H3. The lowest BCUT2D eigenvalue weighted by molar-refractivity contribution is 0.268. The van der Waals surface area contributed by atoms with Gasteiger partial charge in [-0.15, -0.1) is 0 Å². The van der Waals surface area contributed by atoms with Gasteiger partial charge in [-0.25, -0.2) is 4.98 Å². The van der Waals surface area contributed by atoms with E-state index in [4.69, 9.17) is 0 Å². The maximum atomic E-state index is 4.51. The van der Waals surface area contributed by atoms with Crippen LogP contribution in [0.25, 0.3) is 0 Å². The molecule has 1 aromatic heterocycles. The lowest BCUT2D eigenvalue weighted by Gasteiger charge is -2.41. The first kappa shape index (κ1) is 12.2. The number of benzene rings is 1. The van der Waals surface area contributed by atoms with Gasteiger partial charge in [-0.1, -0.05) is 36.4 Å². The fourth-order valence-corrected chi connectivity index (χ4v) is 2.68. The van der Waals surface area contributed by atoms with E-state index in [1.807, 2.05) is 12.3 Å². The van der Waals surface area contributed by atoms with E-state index in [9.17, 15) is 0 Å². The van der Waals surface area contributed by atoms with Gasteiger partial charge < -0.3 is 9.80 Å². The van der Waals surface area contributed by atoms with E-state index >= 15 is 0 Å². The highest BCUT2D eigenvalue weighted by molar-refractivity contribution is 5.43. The SMILES string of the molecule is CN1CCN(c2ccccn2)C(c2ccccc2)C1. The van der Waals surface area contributed by atoms with Gasteiger partial charge in [-0.3, -0.25) is 0 Å². The van der Waals surface area contributed by atoms with E-state index in [0.717, 1.165) is 25.5 Å². The number of hydrogen-bond donors (Lipinski definition) is 0. The van der Waals surface area contributed by atoms with Gasteiger partial charge in [-0.05, 0) is 24.7 Å². The van der Waals surface area contributed by atoms with Crippen molar-refractivity contribution in [1.29, 1.82) is 0 Å². The number of likely N-dealkylation sites (N-methyl/N-ethyl adjacent to an activating group) is 1. The van der Waals surface area contributed by atoms with Gasteiger partial charge in [-0.2, -0.15) is 0 Å². The smallest absolute Gasteiger partial charge is 0.129 e. The van der Waals surface area contributed by atoms with E-state index in [2.05, 4.69) is 64.3 Å². The summed E-state index contributed by atoms with van der Waals surface area (Å²) in [6.07, 6.45) is 1.87. The van der Waals surface area contributed by atoms with Crippen molar-refractivity contribution < 1.29 is 0 Å². The summed E-state index contributed by atoms with van der Waals surface area (Å²) >= 11 is 0. The molecule has 0 saturated carbocycles. The Labute approximate surface area is 114 Å². The second-order valence-corrected chi connectivity index (χ2v) is 5.07. The number of anilines is 1. The number of pyridine rings is 1. The Bertz CT molecular complexity index is 512. The molecule has 3 nitrogen and oxygen atoms in total. The Hall–Kier alpha value is -1.87. The molecule has 1 aliphatic heterocycles. The number of aromatic nitrogens is 1. The number of piperazine rings is 1. The molecule has 0 N–H and O–H groups in total. The van der Waals surface area contributed by atoms with Crippen LogP contribution in [0.2, 0.25) is 0 Å². The van der Waals surface area contributed by atoms with Gasteiger partial charge in [0.1, 0.15) is 5.82 Å². The Morgan fingerprint density at radius 1 is 1.00 bits per heavy atom. The van der Waals surface area contributed by atoms with Gasteiger partial charge in [0.05, 0.1) is 6.04 Å². The maximum absolute atomic E-state index is 4.51. The molecule has 1 atom stereocenters. The predicted molar refractivity (Wildman–Crippen MR) is 78.3 cm³/mol. The summed E-state index contributed by atoms with van der Waals surface area (Å²) in [5.74, 6) is 1.07. The summed E-state index contributed by atoms with van der Waals surface area (Å²) in [6.45, 7) is 3.15. The van der Waals surface area contributed by atoms with Gasteiger partial charge in [0.2, 0.25) is 0 Å². The average molecular weight is 253 g/mol. The summed E-state index contributed by atoms with van der Waals surface area (Å²) in [5, 5.41) is 0. The fourth-order valence-electron chi connectivity index (χ4n) is 2.68. The molecule has 1 fully saturated rings. The summed E-state index contributed by atoms with van der Waals surface area (Å²) in [6, 6.07) is 17.2. The van der Waals surface area contributed by atoms with E-state index < -0.39 is 0 Å². The fraction of sp³-hybridized carbons (Fsp3) is 0.312. The summed E-state index contributed by atoms with van der Waals surface area (Å²) in [7, 11) is 2.19. The first-order valence-electron chi connectivity index (χ1n) is 6.76.